The van der Waals surface area contributed by atoms with Crippen LogP contribution in [0.2, 0.25) is 0 Å². The molecule has 1 saturated carbocycles. The standard InChI is InChI=1S/C14H21NO5.C14H15NO5.C12H19NO5.2C11H17NO5.C10H15NO5.2C9H13NO5/c2*1-19-12(16)7-8-13(17)20-10-9-15-14(18)11-5-3-2-4-6-11;1-12(2,3)11(16)13-7-8-18-10(15)6-5-9(14)17-4;1-8(2)11(15)12-6-7-17-10(14)5-4-9(13)16-3;1-3-9(13)12-7-8-17-11(15)6-5-10(14)16-4-2;1-3-15-9(13)4-5-10(14)16-7-6-11-8(2)12;2*1-7(11)10-5-6-15-9(13)4-3-8(12)14-2/h7-8,11H,2-6,9-10H2,1H3,(H,15,18);2-8H,9-10H2,1H3,(H,15,18);5-6H,7-8H2,1-4H3,(H,13,16);4-5,8H,6-7H2,1-3H3,(H,12,15);5-6H,3-4,7-8H2,1-2H3,(H,12,13);4-5H,3,6-7H2,1-2H3,(H,11,12);2*3-4H,5-6H2,1-2H3,(H,10,11)/b2*8-7+;6-5+;5-4+;6-5+;5-4+;2*4-3+. The second-order valence-electron chi connectivity index (χ2n) is 27.0. The van der Waals surface area contributed by atoms with E-state index in [0.29, 0.717) is 12.0 Å². The van der Waals surface area contributed by atoms with Crippen LogP contribution in [0.25, 0.3) is 0 Å². The number of carbonyl (C=O) groups is 24. The third-order valence-corrected chi connectivity index (χ3v) is 14.5. The number of rotatable bonds is 46. The van der Waals surface area contributed by atoms with Gasteiger partial charge >= 0.3 is 95.5 Å². The highest BCUT2D eigenvalue weighted by Gasteiger charge is 2.22. The predicted molar refractivity (Wildman–Crippen MR) is 484 cm³/mol. The Labute approximate surface area is 799 Å². The molecule has 0 aliphatic heterocycles. The molecular weight excluding hydrogens is 1830 g/mol. The molecule has 1 aromatic rings. The molecule has 0 aromatic heterocycles. The van der Waals surface area contributed by atoms with E-state index < -0.39 is 101 Å². The van der Waals surface area contributed by atoms with E-state index in [2.05, 4.69) is 94.6 Å². The monoisotopic (exact) mass is 1960 g/mol. The molecule has 0 atom stereocenters. The van der Waals surface area contributed by atoms with Gasteiger partial charge < -0.3 is 118 Å². The number of hydrogen-bond donors (Lipinski definition) is 8. The number of amides is 8. The lowest BCUT2D eigenvalue weighted by molar-refractivity contribution is -0.140. The van der Waals surface area contributed by atoms with Gasteiger partial charge in [-0.25, -0.2) is 76.7 Å². The van der Waals surface area contributed by atoms with Crippen molar-refractivity contribution in [3.63, 3.8) is 0 Å². The van der Waals surface area contributed by atoms with E-state index in [1.54, 1.807) is 79.7 Å². The van der Waals surface area contributed by atoms with Crippen LogP contribution >= 0.6 is 0 Å². The second kappa shape index (κ2) is 89.3. The zero-order valence-corrected chi connectivity index (χ0v) is 80.6. The van der Waals surface area contributed by atoms with Gasteiger partial charge in [-0.1, -0.05) is 79.0 Å². The highest BCUT2D eigenvalue weighted by atomic mass is 16.6. The Kier molecular flexibility index (Phi) is 86.2. The summed E-state index contributed by atoms with van der Waals surface area (Å²) in [4.78, 5) is 262. The summed E-state index contributed by atoms with van der Waals surface area (Å²) in [5.74, 6) is -11.4. The molecule has 48 heteroatoms. The lowest BCUT2D eigenvalue weighted by atomic mass is 9.89. The summed E-state index contributed by atoms with van der Waals surface area (Å²) in [5, 5.41) is 20.4. The number of carbonyl (C=O) groups excluding carboxylic acids is 24. The zero-order chi connectivity index (χ0) is 106. The van der Waals surface area contributed by atoms with Crippen molar-refractivity contribution in [1.82, 2.24) is 42.5 Å². The molecule has 138 heavy (non-hydrogen) atoms. The van der Waals surface area contributed by atoms with Crippen molar-refractivity contribution < 1.29 is 191 Å². The minimum absolute atomic E-state index is 0.0168. The second-order valence-corrected chi connectivity index (χ2v) is 27.0. The Balaban J connectivity index is -0.000000362. The first-order valence-corrected chi connectivity index (χ1v) is 42.0. The molecular formula is C90H130N8O40. The molecule has 0 bridgehead atoms. The quantitative estimate of drug-likeness (QED) is 0.0194. The minimum Gasteiger partial charge on any atom is -0.466 e. The van der Waals surface area contributed by atoms with E-state index >= 15 is 0 Å². The number of methoxy groups -OCH3 is 6. The number of esters is 16. The summed E-state index contributed by atoms with van der Waals surface area (Å²) in [6, 6.07) is 8.69. The normalized spacial score (nSPS) is 11.0. The minimum atomic E-state index is -0.677. The summed E-state index contributed by atoms with van der Waals surface area (Å²) in [5.41, 5.74) is 0.0545. The van der Waals surface area contributed by atoms with Crippen molar-refractivity contribution in [2.75, 3.05) is 161 Å². The van der Waals surface area contributed by atoms with Crippen LogP contribution in [0.4, 0.5) is 0 Å². The Morgan fingerprint density at radius 1 is 0.304 bits per heavy atom. The predicted octanol–water partition coefficient (Wildman–Crippen LogP) is 0.846. The molecule has 1 aromatic carbocycles. The highest BCUT2D eigenvalue weighted by molar-refractivity contribution is 5.97. The van der Waals surface area contributed by atoms with Gasteiger partial charge in [-0.15, -0.1) is 0 Å². The Hall–Kier alpha value is -15.6. The van der Waals surface area contributed by atoms with E-state index in [1.165, 1.54) is 69.9 Å². The fourth-order valence-corrected chi connectivity index (χ4v) is 7.82. The summed E-state index contributed by atoms with van der Waals surface area (Å²) in [7, 11) is 7.25. The van der Waals surface area contributed by atoms with Crippen molar-refractivity contribution in [3.05, 3.63) is 133 Å². The zero-order valence-electron chi connectivity index (χ0n) is 80.6. The third-order valence-electron chi connectivity index (χ3n) is 14.5. The molecule has 8 N–H and O–H groups in total. The topological polar surface area (TPSA) is 654 Å². The van der Waals surface area contributed by atoms with Gasteiger partial charge in [-0.3, -0.25) is 38.4 Å². The largest absolute Gasteiger partial charge is 0.466 e. The van der Waals surface area contributed by atoms with Crippen LogP contribution in [-0.4, -0.2) is 304 Å². The fourth-order valence-electron chi connectivity index (χ4n) is 7.82. The number of nitrogens with one attached hydrogen (secondary N) is 8. The third kappa shape index (κ3) is 95.0. The molecule has 0 unspecified atom stereocenters. The molecule has 770 valence electrons. The van der Waals surface area contributed by atoms with Crippen molar-refractivity contribution in [3.8, 4) is 0 Å². The van der Waals surface area contributed by atoms with E-state index in [9.17, 15) is 115 Å². The maximum atomic E-state index is 11.8. The average Bonchev–Trinajstić information content (AvgIpc) is 0.925. The van der Waals surface area contributed by atoms with Crippen LogP contribution in [0.15, 0.2) is 128 Å². The molecule has 0 heterocycles. The Morgan fingerprint density at radius 2 is 0.536 bits per heavy atom. The Bertz CT molecular complexity index is 4150. The smallest absolute Gasteiger partial charge is 0.331 e. The van der Waals surface area contributed by atoms with Gasteiger partial charge in [0.15, 0.2) is 0 Å². The van der Waals surface area contributed by atoms with Crippen LogP contribution < -0.4 is 42.5 Å². The first kappa shape index (κ1) is 133. The van der Waals surface area contributed by atoms with Gasteiger partial charge in [0.1, 0.15) is 52.9 Å². The van der Waals surface area contributed by atoms with E-state index in [0.717, 1.165) is 123 Å². The number of ether oxygens (including phenoxy) is 16. The summed E-state index contributed by atoms with van der Waals surface area (Å²) in [6.45, 7) is 20.9. The van der Waals surface area contributed by atoms with E-state index in [1.807, 2.05) is 6.07 Å². The van der Waals surface area contributed by atoms with Crippen LogP contribution in [0.1, 0.15) is 125 Å². The van der Waals surface area contributed by atoms with Gasteiger partial charge in [0.05, 0.1) is 108 Å². The van der Waals surface area contributed by atoms with Crippen LogP contribution in [0, 0.1) is 17.3 Å². The van der Waals surface area contributed by atoms with Crippen LogP contribution in [-0.2, 0) is 186 Å². The molecule has 48 nitrogen and oxygen atoms in total. The SMILES string of the molecule is CCOC(=O)/C=C/C(=O)OCCNC(=O)CC.CCOC(=O)/C=C/C(=O)OCCNC(C)=O.COC(=O)/C=C/C(=O)OCCNC(=O)C(C)(C)C.COC(=O)/C=C/C(=O)OCCNC(=O)C(C)C.COC(=O)/C=C/C(=O)OCCNC(=O)C1CCCCC1.COC(=O)/C=C/C(=O)OCCNC(=O)c1ccccc1.COC(=O)/C=C/C(=O)OCCNC(C)=O.COC(=O)/C=C/C(=O)OCCNC(C)=O. The van der Waals surface area contributed by atoms with Gasteiger partial charge in [0, 0.05) is 147 Å². The number of hydrogen-bond acceptors (Lipinski definition) is 40. The lowest BCUT2D eigenvalue weighted by Crippen LogP contribution is -2.36. The van der Waals surface area contributed by atoms with Crippen LogP contribution in [0.5, 0.6) is 0 Å². The molecule has 0 spiro atoms. The molecule has 0 saturated heterocycles. The van der Waals surface area contributed by atoms with Gasteiger partial charge in [0.25, 0.3) is 5.91 Å². The maximum absolute atomic E-state index is 11.8. The molecule has 8 amide bonds. The fraction of sp³-hybridized carbons (Fsp3) is 0.489. The van der Waals surface area contributed by atoms with Crippen molar-refractivity contribution in [2.45, 2.75) is 115 Å². The first-order valence-electron chi connectivity index (χ1n) is 42.0. The van der Waals surface area contributed by atoms with Crippen molar-refractivity contribution >= 4 is 143 Å². The average molecular weight is 1960 g/mol. The Morgan fingerprint density at radius 3 is 0.775 bits per heavy atom. The first-order chi connectivity index (χ1) is 65.3. The van der Waals surface area contributed by atoms with Gasteiger partial charge in [-0.05, 0) is 38.8 Å². The van der Waals surface area contributed by atoms with Gasteiger partial charge in [-0.2, -0.15) is 0 Å². The maximum Gasteiger partial charge on any atom is 0.331 e. The van der Waals surface area contributed by atoms with Gasteiger partial charge in [0.2, 0.25) is 41.4 Å². The molecule has 0 radical (unpaired) electrons. The van der Waals surface area contributed by atoms with Crippen molar-refractivity contribution in [1.29, 1.82) is 0 Å². The lowest BCUT2D eigenvalue weighted by Gasteiger charge is -2.20. The molecule has 1 aliphatic carbocycles. The van der Waals surface area contributed by atoms with E-state index in [4.69, 9.17) is 23.7 Å². The summed E-state index contributed by atoms with van der Waals surface area (Å²) >= 11 is 0. The summed E-state index contributed by atoms with van der Waals surface area (Å²) < 4.78 is 72.7. The number of benzene rings is 1. The molecule has 1 fully saturated rings. The molecule has 1 aliphatic rings. The highest BCUT2D eigenvalue weighted by Crippen LogP contribution is 2.23. The molecule has 2 rings (SSSR count). The van der Waals surface area contributed by atoms with E-state index in [-0.39, 0.29) is 178 Å². The summed E-state index contributed by atoms with van der Waals surface area (Å²) in [6.07, 6.45) is 21.2. The van der Waals surface area contributed by atoms with Crippen molar-refractivity contribution in [2.24, 2.45) is 17.3 Å². The van der Waals surface area contributed by atoms with Crippen LogP contribution in [0.3, 0.4) is 0 Å².